The third-order valence-corrected chi connectivity index (χ3v) is 6.71. The second-order valence-corrected chi connectivity index (χ2v) is 7.79. The lowest BCUT2D eigenvalue weighted by atomic mass is 9.50. The Labute approximate surface area is 163 Å². The molecule has 3 N–H and O–H groups in total. The fourth-order valence-electron chi connectivity index (χ4n) is 4.82. The molecule has 146 valence electrons. The first kappa shape index (κ1) is 19.7. The molecular formula is C20H24ClNO5. The van der Waals surface area contributed by atoms with Crippen molar-refractivity contribution in [1.29, 1.82) is 0 Å². The van der Waals surface area contributed by atoms with Gasteiger partial charge in [0.25, 0.3) is 0 Å². The van der Waals surface area contributed by atoms with E-state index >= 15 is 0 Å². The molecule has 1 aromatic rings. The largest absolute Gasteiger partial charge is 0.495 e. The minimum atomic E-state index is -1.48. The van der Waals surface area contributed by atoms with Gasteiger partial charge >= 0.3 is 11.9 Å². The molecule has 0 bridgehead atoms. The number of fused-ring (bicyclic) bond motifs is 1. The second kappa shape index (κ2) is 6.84. The van der Waals surface area contributed by atoms with Crippen LogP contribution in [0.1, 0.15) is 38.7 Å². The number of carboxylic acid groups (broad SMARTS) is 2. The highest BCUT2D eigenvalue weighted by molar-refractivity contribution is 6.31. The number of rotatable bonds is 4. The van der Waals surface area contributed by atoms with Crippen LogP contribution in [0.4, 0.5) is 0 Å². The Morgan fingerprint density at radius 2 is 1.96 bits per heavy atom. The maximum atomic E-state index is 12.7. The molecule has 0 amide bonds. The molecule has 1 aromatic carbocycles. The van der Waals surface area contributed by atoms with E-state index < -0.39 is 34.7 Å². The van der Waals surface area contributed by atoms with Gasteiger partial charge in [0.2, 0.25) is 0 Å². The highest BCUT2D eigenvalue weighted by atomic mass is 35.5. The van der Waals surface area contributed by atoms with E-state index in [-0.39, 0.29) is 6.42 Å². The van der Waals surface area contributed by atoms with E-state index in [1.807, 2.05) is 0 Å². The van der Waals surface area contributed by atoms with Crippen molar-refractivity contribution in [2.75, 3.05) is 13.2 Å². The first-order valence-electron chi connectivity index (χ1n) is 9.01. The molecule has 1 heterocycles. The van der Waals surface area contributed by atoms with Gasteiger partial charge in [-0.3, -0.25) is 9.59 Å². The molecule has 3 rings (SSSR count). The topological polar surface area (TPSA) is 95.9 Å². The summed E-state index contributed by atoms with van der Waals surface area (Å²) in [7, 11) is 0. The predicted molar refractivity (Wildman–Crippen MR) is 101 cm³/mol. The van der Waals surface area contributed by atoms with Gasteiger partial charge < -0.3 is 20.3 Å². The van der Waals surface area contributed by atoms with E-state index in [2.05, 4.69) is 5.32 Å². The normalized spacial score (nSPS) is 33.2. The third-order valence-electron chi connectivity index (χ3n) is 6.37. The zero-order valence-corrected chi connectivity index (χ0v) is 16.3. The van der Waals surface area contributed by atoms with Crippen LogP contribution in [0.15, 0.2) is 35.6 Å². The number of ether oxygens (including phenoxy) is 1. The van der Waals surface area contributed by atoms with E-state index in [1.165, 1.54) is 0 Å². The van der Waals surface area contributed by atoms with Crippen LogP contribution >= 0.6 is 11.6 Å². The molecule has 0 saturated carbocycles. The summed E-state index contributed by atoms with van der Waals surface area (Å²) >= 11 is 6.45. The van der Waals surface area contributed by atoms with E-state index in [0.717, 1.165) is 0 Å². The average Bonchev–Trinajstić information content (AvgIpc) is 2.65. The molecule has 0 spiro atoms. The molecule has 2 aliphatic rings. The number of carboxylic acids is 2. The van der Waals surface area contributed by atoms with Crippen molar-refractivity contribution in [3.63, 3.8) is 0 Å². The number of aliphatic carboxylic acids is 2. The standard InChI is InChI=1S/C20H24ClNO5/c1-4-20(18(25)26)15(12-7-5-6-8-13(12)21)19(3,17(23)24)11(2)14-16(20)22-9-10-27-14/h5-8,15-16,22H,4,9-10H2,1-3H3,(H,23,24)(H,25,26). The molecule has 6 nitrogen and oxygen atoms in total. The maximum Gasteiger partial charge on any atom is 0.314 e. The Kier molecular flexibility index (Phi) is 4.99. The van der Waals surface area contributed by atoms with E-state index in [1.54, 1.807) is 45.0 Å². The lowest BCUT2D eigenvalue weighted by Gasteiger charge is -2.55. The molecule has 4 atom stereocenters. The Hall–Kier alpha value is -2.05. The number of morpholine rings is 1. The van der Waals surface area contributed by atoms with Crippen LogP contribution in [-0.2, 0) is 14.3 Å². The minimum Gasteiger partial charge on any atom is -0.495 e. The zero-order valence-electron chi connectivity index (χ0n) is 15.6. The number of hydrogen-bond donors (Lipinski definition) is 3. The first-order valence-corrected chi connectivity index (χ1v) is 9.39. The Morgan fingerprint density at radius 1 is 1.30 bits per heavy atom. The van der Waals surface area contributed by atoms with Crippen LogP contribution in [-0.4, -0.2) is 41.3 Å². The van der Waals surface area contributed by atoms with E-state index in [0.29, 0.717) is 35.1 Å². The number of benzene rings is 1. The smallest absolute Gasteiger partial charge is 0.314 e. The quantitative estimate of drug-likeness (QED) is 0.726. The van der Waals surface area contributed by atoms with Crippen molar-refractivity contribution in [2.24, 2.45) is 10.8 Å². The molecular weight excluding hydrogens is 370 g/mol. The molecule has 7 heteroatoms. The summed E-state index contributed by atoms with van der Waals surface area (Å²) < 4.78 is 5.82. The Balaban J connectivity index is 2.43. The molecule has 1 aliphatic heterocycles. The van der Waals surface area contributed by atoms with Gasteiger partial charge in [-0.1, -0.05) is 36.7 Å². The molecule has 1 saturated heterocycles. The fraction of sp³-hybridized carbons (Fsp3) is 0.500. The summed E-state index contributed by atoms with van der Waals surface area (Å²) in [4.78, 5) is 25.3. The van der Waals surface area contributed by atoms with Crippen molar-refractivity contribution in [3.8, 4) is 0 Å². The van der Waals surface area contributed by atoms with Gasteiger partial charge in [-0.05, 0) is 37.5 Å². The Bertz CT molecular complexity index is 822. The number of halogens is 1. The fourth-order valence-corrected chi connectivity index (χ4v) is 5.07. The second-order valence-electron chi connectivity index (χ2n) is 7.39. The van der Waals surface area contributed by atoms with Crippen LogP contribution in [0.5, 0.6) is 0 Å². The van der Waals surface area contributed by atoms with Gasteiger partial charge in [0.1, 0.15) is 12.4 Å². The summed E-state index contributed by atoms with van der Waals surface area (Å²) in [5.74, 6) is -2.60. The number of nitrogens with one attached hydrogen (secondary N) is 1. The van der Waals surface area contributed by atoms with Crippen LogP contribution in [0.2, 0.25) is 5.02 Å². The van der Waals surface area contributed by atoms with Crippen molar-refractivity contribution < 1.29 is 24.5 Å². The van der Waals surface area contributed by atoms with Gasteiger partial charge in [0, 0.05) is 17.5 Å². The van der Waals surface area contributed by atoms with Gasteiger partial charge in [-0.2, -0.15) is 0 Å². The number of carbonyl (C=O) groups is 2. The highest BCUT2D eigenvalue weighted by Crippen LogP contribution is 2.61. The summed E-state index contributed by atoms with van der Waals surface area (Å²) in [5.41, 5.74) is -1.85. The number of hydrogen-bond acceptors (Lipinski definition) is 4. The summed E-state index contributed by atoms with van der Waals surface area (Å²) in [5, 5.41) is 24.3. The molecule has 27 heavy (non-hydrogen) atoms. The predicted octanol–water partition coefficient (Wildman–Crippen LogP) is 3.27. The first-order chi connectivity index (χ1) is 12.7. The highest BCUT2D eigenvalue weighted by Gasteiger charge is 2.66. The van der Waals surface area contributed by atoms with Gasteiger partial charge in [0.05, 0.1) is 16.9 Å². The molecule has 4 unspecified atom stereocenters. The maximum absolute atomic E-state index is 12.7. The van der Waals surface area contributed by atoms with Crippen molar-refractivity contribution >= 4 is 23.5 Å². The summed E-state index contributed by atoms with van der Waals surface area (Å²) in [6.07, 6.45) is 0.221. The van der Waals surface area contributed by atoms with Crippen molar-refractivity contribution in [2.45, 2.75) is 39.2 Å². The minimum absolute atomic E-state index is 0.221. The average molecular weight is 394 g/mol. The molecule has 0 radical (unpaired) electrons. The SMILES string of the molecule is CCC1(C(=O)O)C2NCCOC2=C(C)C(C)(C(=O)O)C1c1ccccc1Cl. The summed E-state index contributed by atoms with van der Waals surface area (Å²) in [6, 6.07) is 6.27. The van der Waals surface area contributed by atoms with Crippen molar-refractivity contribution in [1.82, 2.24) is 5.32 Å². The van der Waals surface area contributed by atoms with Gasteiger partial charge in [0.15, 0.2) is 0 Å². The molecule has 1 aliphatic carbocycles. The lowest BCUT2D eigenvalue weighted by molar-refractivity contribution is -0.164. The zero-order chi connectivity index (χ0) is 20.0. The van der Waals surface area contributed by atoms with Crippen LogP contribution in [0, 0.1) is 10.8 Å². The molecule has 0 aromatic heterocycles. The van der Waals surface area contributed by atoms with Crippen LogP contribution in [0.3, 0.4) is 0 Å². The monoisotopic (exact) mass is 393 g/mol. The van der Waals surface area contributed by atoms with Crippen LogP contribution in [0.25, 0.3) is 0 Å². The van der Waals surface area contributed by atoms with Crippen molar-refractivity contribution in [3.05, 3.63) is 46.2 Å². The molecule has 1 fully saturated rings. The lowest BCUT2D eigenvalue weighted by Crippen LogP contribution is -2.64. The van der Waals surface area contributed by atoms with E-state index in [4.69, 9.17) is 16.3 Å². The summed E-state index contributed by atoms with van der Waals surface area (Å²) in [6.45, 7) is 5.93. The Morgan fingerprint density at radius 3 is 2.52 bits per heavy atom. The van der Waals surface area contributed by atoms with E-state index in [9.17, 15) is 19.8 Å². The van der Waals surface area contributed by atoms with Crippen LogP contribution < -0.4 is 5.32 Å². The van der Waals surface area contributed by atoms with Gasteiger partial charge in [-0.25, -0.2) is 0 Å². The third kappa shape index (κ3) is 2.57. The van der Waals surface area contributed by atoms with Gasteiger partial charge in [-0.15, -0.1) is 0 Å².